The summed E-state index contributed by atoms with van der Waals surface area (Å²) in [5, 5.41) is 8.74. The highest BCUT2D eigenvalue weighted by molar-refractivity contribution is 5.44. The molecule has 0 atom stereocenters. The van der Waals surface area contributed by atoms with Gasteiger partial charge in [0.1, 0.15) is 0 Å². The van der Waals surface area contributed by atoms with Gasteiger partial charge in [0.15, 0.2) is 0 Å². The number of nitrogens with zero attached hydrogens (tertiary/aromatic N) is 2. The van der Waals surface area contributed by atoms with Crippen LogP contribution < -0.4 is 10.3 Å². The number of rotatable bonds is 0. The van der Waals surface area contributed by atoms with Crippen LogP contribution in [0, 0.1) is 0 Å². The van der Waals surface area contributed by atoms with E-state index in [0.29, 0.717) is 11.6 Å². The molecule has 1 aromatic heterocycles. The van der Waals surface area contributed by atoms with E-state index in [1.54, 1.807) is 0 Å². The van der Waals surface area contributed by atoms with Gasteiger partial charge >= 0.3 is 5.56 Å². The first kappa shape index (κ1) is 3.59. The number of aromatic nitrogens is 3. The Bertz CT molecular complexity index is 278. The number of fused-ring (bicyclic) bond motifs is 1. The molecule has 1 aliphatic rings. The first-order valence-electron chi connectivity index (χ1n) is 2.01. The van der Waals surface area contributed by atoms with Crippen molar-refractivity contribution in [3.05, 3.63) is 10.4 Å². The van der Waals surface area contributed by atoms with E-state index in [1.807, 2.05) is 0 Å². The van der Waals surface area contributed by atoms with Crippen LogP contribution in [-0.2, 0) is 0 Å². The lowest BCUT2D eigenvalue weighted by Gasteiger charge is -1.64. The van der Waals surface area contributed by atoms with Gasteiger partial charge in [-0.25, -0.2) is 5.10 Å². The number of ether oxygens (including phenoxy) is 1. The Balaban J connectivity index is 2.88. The molecular formula is C3HN3O2. The monoisotopic (exact) mass is 111 g/mol. The lowest BCUT2D eigenvalue weighted by atomic mass is 10.7. The van der Waals surface area contributed by atoms with Gasteiger partial charge in [-0.15, -0.1) is 0 Å². The number of hydrogen-bond acceptors (Lipinski definition) is 4. The molecule has 0 spiro atoms. The van der Waals surface area contributed by atoms with Crippen molar-refractivity contribution in [2.24, 2.45) is 0 Å². The van der Waals surface area contributed by atoms with Crippen LogP contribution in [0.2, 0.25) is 0 Å². The van der Waals surface area contributed by atoms with Crippen LogP contribution in [0.3, 0.4) is 0 Å². The van der Waals surface area contributed by atoms with Crippen molar-refractivity contribution in [1.82, 2.24) is 15.4 Å². The van der Waals surface area contributed by atoms with Gasteiger partial charge in [0, 0.05) is 0 Å². The number of hydrogen-bond donors (Lipinski definition) is 1. The maximum absolute atomic E-state index is 10.4. The highest BCUT2D eigenvalue weighted by atomic mass is 16.6. The molecule has 0 radical (unpaired) electrons. The molecule has 8 heavy (non-hydrogen) atoms. The van der Waals surface area contributed by atoms with Crippen LogP contribution >= 0.6 is 0 Å². The maximum Gasteiger partial charge on any atom is 0.314 e. The number of aromatic amines is 1. The molecule has 1 N–H and O–H groups in total. The molecule has 0 saturated carbocycles. The second-order valence-electron chi connectivity index (χ2n) is 1.38. The fourth-order valence-electron chi connectivity index (χ4n) is 0.447. The van der Waals surface area contributed by atoms with Crippen LogP contribution in [0.4, 0.5) is 0 Å². The van der Waals surface area contributed by atoms with E-state index >= 15 is 0 Å². The molecule has 0 saturated heterocycles. The third kappa shape index (κ3) is 0.281. The lowest BCUT2D eigenvalue weighted by molar-refractivity contribution is 0.626. The van der Waals surface area contributed by atoms with Crippen molar-refractivity contribution in [3.63, 3.8) is 0 Å². The largest absolute Gasteiger partial charge is 0.423 e. The van der Waals surface area contributed by atoms with Crippen molar-refractivity contribution < 1.29 is 4.74 Å². The van der Waals surface area contributed by atoms with E-state index in [9.17, 15) is 4.79 Å². The van der Waals surface area contributed by atoms with Crippen molar-refractivity contribution in [3.8, 4) is 11.6 Å². The summed E-state index contributed by atoms with van der Waals surface area (Å²) in [5.41, 5.74) is -0.310. The molecule has 2 heterocycles. The van der Waals surface area contributed by atoms with Crippen molar-refractivity contribution in [1.29, 1.82) is 0 Å². The summed E-state index contributed by atoms with van der Waals surface area (Å²) in [4.78, 5) is 10.4. The summed E-state index contributed by atoms with van der Waals surface area (Å²) in [6, 6.07) is 0. The molecule has 1 aliphatic heterocycles. The van der Waals surface area contributed by atoms with Gasteiger partial charge in [0.25, 0.3) is 11.6 Å². The summed E-state index contributed by atoms with van der Waals surface area (Å²) >= 11 is 0. The van der Waals surface area contributed by atoms with E-state index in [-0.39, 0.29) is 5.56 Å². The smallest absolute Gasteiger partial charge is 0.314 e. The fourth-order valence-corrected chi connectivity index (χ4v) is 0.447. The molecule has 5 heteroatoms. The molecule has 0 unspecified atom stereocenters. The van der Waals surface area contributed by atoms with Gasteiger partial charge in [-0.2, -0.15) is 0 Å². The first-order valence-corrected chi connectivity index (χ1v) is 2.01. The Morgan fingerprint density at radius 3 is 3.12 bits per heavy atom. The maximum atomic E-state index is 10.4. The minimum absolute atomic E-state index is 0.292. The fraction of sp³-hybridized carbons (Fsp3) is 0. The number of H-pyrrole nitrogens is 1. The predicted octanol–water partition coefficient (Wildman–Crippen LogP) is -0.729. The first-order chi connectivity index (χ1) is 3.88. The van der Waals surface area contributed by atoms with Gasteiger partial charge < -0.3 is 4.74 Å². The van der Waals surface area contributed by atoms with Crippen LogP contribution in [0.25, 0.3) is 0 Å². The van der Waals surface area contributed by atoms with E-state index < -0.39 is 0 Å². The Hall–Kier alpha value is -1.39. The highest BCUT2D eigenvalue weighted by Gasteiger charge is 2.26. The SMILES string of the molecule is O=c1[nH]nnc2c1O2. The Morgan fingerprint density at radius 1 is 1.62 bits per heavy atom. The summed E-state index contributed by atoms with van der Waals surface area (Å²) < 4.78 is 4.55. The van der Waals surface area contributed by atoms with Crippen molar-refractivity contribution in [2.45, 2.75) is 0 Å². The molecule has 1 aromatic rings. The molecule has 40 valence electrons. The average molecular weight is 111 g/mol. The second-order valence-corrected chi connectivity index (χ2v) is 1.38. The Labute approximate surface area is 43.3 Å². The van der Waals surface area contributed by atoms with E-state index in [2.05, 4.69) is 20.1 Å². The topological polar surface area (TPSA) is 71.2 Å². The minimum Gasteiger partial charge on any atom is -0.423 e. The van der Waals surface area contributed by atoms with Crippen LogP contribution in [0.1, 0.15) is 0 Å². The molecule has 5 nitrogen and oxygen atoms in total. The summed E-state index contributed by atoms with van der Waals surface area (Å²) in [7, 11) is 0. The van der Waals surface area contributed by atoms with Gasteiger partial charge in [0.2, 0.25) is 0 Å². The average Bonchev–Trinajstić information content (AvgIpc) is 2.45. The van der Waals surface area contributed by atoms with Crippen molar-refractivity contribution in [2.75, 3.05) is 0 Å². The Kier molecular flexibility index (Phi) is 0.397. The molecule has 0 bridgehead atoms. The predicted molar refractivity (Wildman–Crippen MR) is 22.7 cm³/mol. The van der Waals surface area contributed by atoms with Crippen LogP contribution in [-0.4, -0.2) is 15.4 Å². The van der Waals surface area contributed by atoms with E-state index in [0.717, 1.165) is 0 Å². The molecular weight excluding hydrogens is 110 g/mol. The van der Waals surface area contributed by atoms with Crippen molar-refractivity contribution >= 4 is 0 Å². The zero-order chi connectivity index (χ0) is 5.56. The number of nitrogens with one attached hydrogen (secondary N) is 1. The molecule has 0 amide bonds. The summed E-state index contributed by atoms with van der Waals surface area (Å²) in [5.74, 6) is 0.633. The lowest BCUT2D eigenvalue weighted by Crippen LogP contribution is -2.01. The van der Waals surface area contributed by atoms with E-state index in [1.165, 1.54) is 0 Å². The third-order valence-electron chi connectivity index (χ3n) is 0.850. The molecule has 0 aliphatic carbocycles. The van der Waals surface area contributed by atoms with Crippen LogP contribution in [0.15, 0.2) is 4.79 Å². The molecule has 0 fully saturated rings. The van der Waals surface area contributed by atoms with Gasteiger partial charge in [-0.1, -0.05) is 10.3 Å². The van der Waals surface area contributed by atoms with Gasteiger partial charge in [0.05, 0.1) is 0 Å². The third-order valence-corrected chi connectivity index (χ3v) is 0.850. The normalized spacial score (nSPS) is 12.0. The van der Waals surface area contributed by atoms with E-state index in [4.69, 9.17) is 0 Å². The molecule has 0 aromatic carbocycles. The van der Waals surface area contributed by atoms with Gasteiger partial charge in [-0.3, -0.25) is 4.79 Å². The zero-order valence-electron chi connectivity index (χ0n) is 3.71. The summed E-state index contributed by atoms with van der Waals surface area (Å²) in [6.45, 7) is 0. The summed E-state index contributed by atoms with van der Waals surface area (Å²) in [6.07, 6.45) is 0. The van der Waals surface area contributed by atoms with Gasteiger partial charge in [-0.05, 0) is 0 Å². The van der Waals surface area contributed by atoms with Crippen LogP contribution in [0.5, 0.6) is 11.6 Å². The zero-order valence-corrected chi connectivity index (χ0v) is 3.71. The highest BCUT2D eigenvalue weighted by Crippen LogP contribution is 2.36. The Morgan fingerprint density at radius 2 is 2.50 bits per heavy atom. The second kappa shape index (κ2) is 0.885. The quantitative estimate of drug-likeness (QED) is 0.455. The standard InChI is InChI=1S/C3HN3O2/c7-2-1-3(8-1)5-6-4-2/h(H,4,5,7). The molecule has 2 rings (SSSR count). The minimum atomic E-state index is -0.310.